The van der Waals surface area contributed by atoms with Gasteiger partial charge < -0.3 is 0 Å². The molecule has 0 heterocycles. The molecule has 4 atom stereocenters. The summed E-state index contributed by atoms with van der Waals surface area (Å²) in [6, 6.07) is 0. The Balaban J connectivity index is 1.98. The predicted octanol–water partition coefficient (Wildman–Crippen LogP) is 2.91. The molecule has 3 fully saturated rings. The molecule has 3 rings (SSSR count). The number of hydrogen-bond donors (Lipinski definition) is 0. The van der Waals surface area contributed by atoms with Crippen molar-refractivity contribution in [2.45, 2.75) is 38.5 Å². The molecule has 0 heteroatoms. The van der Waals surface area contributed by atoms with E-state index in [4.69, 9.17) is 6.92 Å². The van der Waals surface area contributed by atoms with Crippen LogP contribution in [0.15, 0.2) is 0 Å². The zero-order valence-corrected chi connectivity index (χ0v) is 7.05. The van der Waals surface area contributed by atoms with Crippen molar-refractivity contribution in [2.24, 2.45) is 23.2 Å². The van der Waals surface area contributed by atoms with E-state index in [9.17, 15) is 0 Å². The molecule has 4 unspecified atom stereocenters. The van der Waals surface area contributed by atoms with E-state index < -0.39 is 0 Å². The van der Waals surface area contributed by atoms with Crippen LogP contribution in [0.3, 0.4) is 0 Å². The molecular formula is C11H16. The Labute approximate surface area is 69.4 Å². The minimum Gasteiger partial charge on any atom is -0.0527 e. The van der Waals surface area contributed by atoms with E-state index in [-0.39, 0.29) is 0 Å². The number of hydrogen-bond acceptors (Lipinski definition) is 0. The second kappa shape index (κ2) is 1.84. The van der Waals surface area contributed by atoms with E-state index in [0.29, 0.717) is 5.41 Å². The van der Waals surface area contributed by atoms with Crippen LogP contribution in [0, 0.1) is 30.1 Å². The van der Waals surface area contributed by atoms with E-state index in [0.717, 1.165) is 17.8 Å². The summed E-state index contributed by atoms with van der Waals surface area (Å²) in [5.41, 5.74) is 0.311. The first-order chi connectivity index (χ1) is 5.30. The number of rotatable bonds is 0. The monoisotopic (exact) mass is 148 g/mol. The first-order valence-corrected chi connectivity index (χ1v) is 5.08. The molecule has 0 aromatic carbocycles. The van der Waals surface area contributed by atoms with Gasteiger partial charge in [-0.05, 0) is 62.2 Å². The highest BCUT2D eigenvalue weighted by Gasteiger charge is 2.56. The Bertz CT molecular complexity index is 184. The quantitative estimate of drug-likeness (QED) is 0.495. The molecule has 0 spiro atoms. The van der Waals surface area contributed by atoms with Gasteiger partial charge >= 0.3 is 0 Å². The molecule has 3 aliphatic rings. The summed E-state index contributed by atoms with van der Waals surface area (Å²) in [6.45, 7) is 6.39. The summed E-state index contributed by atoms with van der Waals surface area (Å²) in [6.07, 6.45) is 8.54. The second-order valence-electron chi connectivity index (χ2n) is 4.94. The lowest BCUT2D eigenvalue weighted by Crippen LogP contribution is -2.24. The van der Waals surface area contributed by atoms with Gasteiger partial charge in [-0.2, -0.15) is 0 Å². The Kier molecular flexibility index (Phi) is 1.09. The zero-order valence-electron chi connectivity index (χ0n) is 7.05. The summed E-state index contributed by atoms with van der Waals surface area (Å²) >= 11 is 0. The van der Waals surface area contributed by atoms with Crippen LogP contribution in [-0.2, 0) is 0 Å². The van der Waals surface area contributed by atoms with Crippen LogP contribution in [0.25, 0.3) is 0 Å². The molecule has 11 heavy (non-hydrogen) atoms. The molecule has 0 saturated heterocycles. The van der Waals surface area contributed by atoms with Gasteiger partial charge in [0.15, 0.2) is 0 Å². The maximum atomic E-state index is 6.39. The van der Waals surface area contributed by atoms with Gasteiger partial charge in [-0.25, -0.2) is 0 Å². The fourth-order valence-electron chi connectivity index (χ4n) is 4.12. The smallest absolute Gasteiger partial charge is 0.0229 e. The summed E-state index contributed by atoms with van der Waals surface area (Å²) in [5, 5.41) is 0. The fourth-order valence-corrected chi connectivity index (χ4v) is 4.12. The van der Waals surface area contributed by atoms with E-state index in [1.54, 1.807) is 0 Å². The van der Waals surface area contributed by atoms with Crippen molar-refractivity contribution in [3.63, 3.8) is 0 Å². The summed E-state index contributed by atoms with van der Waals surface area (Å²) in [5.74, 6) is 3.02. The third kappa shape index (κ3) is 0.666. The van der Waals surface area contributed by atoms with Crippen LogP contribution >= 0.6 is 0 Å². The lowest BCUT2D eigenvalue weighted by atomic mass is 9.73. The average molecular weight is 148 g/mol. The van der Waals surface area contributed by atoms with Gasteiger partial charge in [0.1, 0.15) is 0 Å². The van der Waals surface area contributed by atoms with E-state index in [1.807, 2.05) is 0 Å². The molecular weight excluding hydrogens is 132 g/mol. The lowest BCUT2D eigenvalue weighted by Gasteiger charge is -2.31. The van der Waals surface area contributed by atoms with Crippen LogP contribution in [0.5, 0.6) is 0 Å². The molecule has 2 bridgehead atoms. The van der Waals surface area contributed by atoms with Crippen LogP contribution < -0.4 is 0 Å². The largest absolute Gasteiger partial charge is 0.0527 e. The molecule has 60 valence electrons. The van der Waals surface area contributed by atoms with Crippen LogP contribution in [0.4, 0.5) is 0 Å². The maximum absolute atomic E-state index is 6.39. The van der Waals surface area contributed by atoms with Gasteiger partial charge in [0.2, 0.25) is 0 Å². The predicted molar refractivity (Wildman–Crippen MR) is 44.9 cm³/mol. The lowest BCUT2D eigenvalue weighted by molar-refractivity contribution is 0.200. The Morgan fingerprint density at radius 1 is 1.18 bits per heavy atom. The molecule has 3 saturated carbocycles. The normalized spacial score (nSPS) is 60.3. The molecule has 2 radical (unpaired) electrons. The Morgan fingerprint density at radius 3 is 2.91 bits per heavy atom. The standard InChI is InChI=1S/C11H16/c1-11-6-5-8(7-11)9-3-2-4-10(9)11/h1,8-10H,2-7H2. The molecule has 0 aromatic rings. The first kappa shape index (κ1) is 6.51. The Hall–Kier alpha value is 0. The minimum atomic E-state index is 0.311. The molecule has 3 aliphatic carbocycles. The van der Waals surface area contributed by atoms with E-state index in [1.165, 1.54) is 38.5 Å². The van der Waals surface area contributed by atoms with Crippen molar-refractivity contribution in [2.75, 3.05) is 0 Å². The third-order valence-corrected chi connectivity index (χ3v) is 4.54. The molecule has 0 amide bonds. The molecule has 0 aromatic heterocycles. The summed E-state index contributed by atoms with van der Waals surface area (Å²) in [7, 11) is 0. The SMILES string of the molecule is [CH]C12CCC(C1)C1CCCC12. The topological polar surface area (TPSA) is 0 Å². The van der Waals surface area contributed by atoms with E-state index in [2.05, 4.69) is 0 Å². The van der Waals surface area contributed by atoms with E-state index >= 15 is 0 Å². The van der Waals surface area contributed by atoms with Gasteiger partial charge in [0, 0.05) is 0 Å². The van der Waals surface area contributed by atoms with Crippen molar-refractivity contribution in [1.29, 1.82) is 0 Å². The third-order valence-electron chi connectivity index (χ3n) is 4.54. The fraction of sp³-hybridized carbons (Fsp3) is 0.909. The van der Waals surface area contributed by atoms with Gasteiger partial charge in [-0.3, -0.25) is 0 Å². The summed E-state index contributed by atoms with van der Waals surface area (Å²) < 4.78 is 0. The second-order valence-corrected chi connectivity index (χ2v) is 4.94. The first-order valence-electron chi connectivity index (χ1n) is 5.08. The van der Waals surface area contributed by atoms with Crippen molar-refractivity contribution in [3.05, 3.63) is 6.92 Å². The molecule has 0 nitrogen and oxygen atoms in total. The molecule has 0 N–H and O–H groups in total. The number of fused-ring (bicyclic) bond motifs is 5. The maximum Gasteiger partial charge on any atom is -0.0229 e. The zero-order chi connectivity index (χ0) is 7.47. The average Bonchev–Trinajstić information content (AvgIpc) is 2.53. The minimum absolute atomic E-state index is 0.311. The molecule has 0 aliphatic heterocycles. The van der Waals surface area contributed by atoms with Gasteiger partial charge in [-0.15, -0.1) is 0 Å². The summed E-state index contributed by atoms with van der Waals surface area (Å²) in [4.78, 5) is 0. The van der Waals surface area contributed by atoms with Crippen LogP contribution in [0.2, 0.25) is 0 Å². The van der Waals surface area contributed by atoms with Crippen molar-refractivity contribution < 1.29 is 0 Å². The highest BCUT2D eigenvalue weighted by atomic mass is 14.6. The van der Waals surface area contributed by atoms with Gasteiger partial charge in [0.05, 0.1) is 0 Å². The Morgan fingerprint density at radius 2 is 2.09 bits per heavy atom. The van der Waals surface area contributed by atoms with Gasteiger partial charge in [0.25, 0.3) is 0 Å². The van der Waals surface area contributed by atoms with Crippen LogP contribution in [0.1, 0.15) is 38.5 Å². The van der Waals surface area contributed by atoms with Crippen LogP contribution in [-0.4, -0.2) is 0 Å². The van der Waals surface area contributed by atoms with Gasteiger partial charge in [-0.1, -0.05) is 6.42 Å². The highest BCUT2D eigenvalue weighted by molar-refractivity contribution is 5.08. The van der Waals surface area contributed by atoms with Crippen molar-refractivity contribution in [3.8, 4) is 0 Å². The van der Waals surface area contributed by atoms with Crippen molar-refractivity contribution in [1.82, 2.24) is 0 Å². The highest BCUT2D eigenvalue weighted by Crippen LogP contribution is 2.65. The van der Waals surface area contributed by atoms with Crippen molar-refractivity contribution >= 4 is 0 Å².